The van der Waals surface area contributed by atoms with Crippen LogP contribution in [0.3, 0.4) is 0 Å². The van der Waals surface area contributed by atoms with Gasteiger partial charge in [-0.2, -0.15) is 0 Å². The molecule has 0 bridgehead atoms. The van der Waals surface area contributed by atoms with E-state index in [-0.39, 0.29) is 30.4 Å². The van der Waals surface area contributed by atoms with Crippen LogP contribution in [0.15, 0.2) is 54.6 Å². The SMILES string of the molecule is CC(C)N(C(=O)COC(=O)C1CCN(C(=O)c2ccc(F)cc2)CC1)c1ccccc1. The monoisotopic (exact) mass is 426 g/mol. The quantitative estimate of drug-likeness (QED) is 0.661. The summed E-state index contributed by atoms with van der Waals surface area (Å²) < 4.78 is 18.4. The molecule has 1 fully saturated rings. The van der Waals surface area contributed by atoms with Crippen molar-refractivity contribution in [2.45, 2.75) is 32.7 Å². The van der Waals surface area contributed by atoms with E-state index in [4.69, 9.17) is 4.74 Å². The molecule has 1 aliphatic heterocycles. The second-order valence-corrected chi connectivity index (χ2v) is 7.87. The van der Waals surface area contributed by atoms with Gasteiger partial charge in [-0.1, -0.05) is 18.2 Å². The summed E-state index contributed by atoms with van der Waals surface area (Å²) in [5.41, 5.74) is 1.17. The highest BCUT2D eigenvalue weighted by atomic mass is 19.1. The van der Waals surface area contributed by atoms with E-state index in [1.165, 1.54) is 24.3 Å². The van der Waals surface area contributed by atoms with Crippen LogP contribution >= 0.6 is 0 Å². The minimum atomic E-state index is -0.418. The van der Waals surface area contributed by atoms with E-state index >= 15 is 0 Å². The predicted octanol–water partition coefficient (Wildman–Crippen LogP) is 3.66. The largest absolute Gasteiger partial charge is 0.455 e. The van der Waals surface area contributed by atoms with Crippen LogP contribution in [0.2, 0.25) is 0 Å². The van der Waals surface area contributed by atoms with Gasteiger partial charge in [0.1, 0.15) is 5.82 Å². The number of para-hydroxylation sites is 1. The summed E-state index contributed by atoms with van der Waals surface area (Å²) in [6.07, 6.45) is 0.930. The number of carbonyl (C=O) groups excluding carboxylic acids is 3. The van der Waals surface area contributed by atoms with Gasteiger partial charge in [-0.3, -0.25) is 14.4 Å². The lowest BCUT2D eigenvalue weighted by Gasteiger charge is -2.31. The van der Waals surface area contributed by atoms with Crippen molar-refractivity contribution < 1.29 is 23.5 Å². The molecule has 0 spiro atoms. The van der Waals surface area contributed by atoms with Crippen LogP contribution in [0, 0.1) is 11.7 Å². The molecule has 2 amide bonds. The number of hydrogen-bond donors (Lipinski definition) is 0. The Labute approximate surface area is 181 Å². The highest BCUT2D eigenvalue weighted by molar-refractivity contribution is 5.96. The number of piperidine rings is 1. The molecular formula is C24H27FN2O4. The van der Waals surface area contributed by atoms with E-state index in [0.29, 0.717) is 31.5 Å². The van der Waals surface area contributed by atoms with Crippen LogP contribution in [0.1, 0.15) is 37.0 Å². The van der Waals surface area contributed by atoms with Crippen LogP contribution < -0.4 is 4.90 Å². The molecular weight excluding hydrogens is 399 g/mol. The van der Waals surface area contributed by atoms with Crippen molar-refractivity contribution in [1.29, 1.82) is 0 Å². The number of anilines is 1. The van der Waals surface area contributed by atoms with Crippen LogP contribution in [-0.4, -0.2) is 48.4 Å². The zero-order valence-corrected chi connectivity index (χ0v) is 17.8. The summed E-state index contributed by atoms with van der Waals surface area (Å²) in [6.45, 7) is 4.31. The highest BCUT2D eigenvalue weighted by Gasteiger charge is 2.30. The van der Waals surface area contributed by atoms with E-state index in [0.717, 1.165) is 5.69 Å². The van der Waals surface area contributed by atoms with Gasteiger partial charge in [-0.15, -0.1) is 0 Å². The van der Waals surface area contributed by atoms with Gasteiger partial charge in [0.05, 0.1) is 5.92 Å². The Balaban J connectivity index is 1.50. The summed E-state index contributed by atoms with van der Waals surface area (Å²) >= 11 is 0. The van der Waals surface area contributed by atoms with Crippen LogP contribution in [-0.2, 0) is 14.3 Å². The molecule has 2 aromatic rings. The molecule has 0 unspecified atom stereocenters. The van der Waals surface area contributed by atoms with Gasteiger partial charge in [0.2, 0.25) is 0 Å². The van der Waals surface area contributed by atoms with Crippen molar-refractivity contribution in [2.75, 3.05) is 24.6 Å². The van der Waals surface area contributed by atoms with E-state index in [9.17, 15) is 18.8 Å². The van der Waals surface area contributed by atoms with Crippen molar-refractivity contribution in [2.24, 2.45) is 5.92 Å². The van der Waals surface area contributed by atoms with Crippen LogP contribution in [0.5, 0.6) is 0 Å². The van der Waals surface area contributed by atoms with Gasteiger partial charge >= 0.3 is 5.97 Å². The average Bonchev–Trinajstić information content (AvgIpc) is 2.78. The molecule has 7 heteroatoms. The third-order valence-corrected chi connectivity index (χ3v) is 5.36. The lowest BCUT2D eigenvalue weighted by Crippen LogP contribution is -2.42. The first-order chi connectivity index (χ1) is 14.9. The van der Waals surface area contributed by atoms with Crippen LogP contribution in [0.4, 0.5) is 10.1 Å². The minimum absolute atomic E-state index is 0.0747. The molecule has 1 saturated heterocycles. The lowest BCUT2D eigenvalue weighted by molar-refractivity contribution is -0.153. The fourth-order valence-electron chi connectivity index (χ4n) is 3.73. The normalized spacial score (nSPS) is 14.4. The number of carbonyl (C=O) groups is 3. The Bertz CT molecular complexity index is 907. The lowest BCUT2D eigenvalue weighted by atomic mass is 9.96. The zero-order valence-electron chi connectivity index (χ0n) is 17.8. The maximum atomic E-state index is 13.0. The molecule has 0 saturated carbocycles. The number of nitrogens with zero attached hydrogens (tertiary/aromatic N) is 2. The summed E-state index contributed by atoms with van der Waals surface area (Å²) in [5.74, 6) is -1.62. The maximum Gasteiger partial charge on any atom is 0.309 e. The molecule has 1 aliphatic rings. The Morgan fingerprint density at radius 1 is 1.03 bits per heavy atom. The van der Waals surface area contributed by atoms with Gasteiger partial charge in [0, 0.05) is 30.4 Å². The molecule has 1 heterocycles. The zero-order chi connectivity index (χ0) is 22.4. The minimum Gasteiger partial charge on any atom is -0.455 e. The number of rotatable bonds is 6. The molecule has 0 aromatic heterocycles. The summed E-state index contributed by atoms with van der Waals surface area (Å²) in [7, 11) is 0. The van der Waals surface area contributed by atoms with E-state index in [2.05, 4.69) is 0 Å². The fraction of sp³-hybridized carbons (Fsp3) is 0.375. The number of esters is 1. The van der Waals surface area contributed by atoms with Crippen molar-refractivity contribution in [3.63, 3.8) is 0 Å². The van der Waals surface area contributed by atoms with Crippen LogP contribution in [0.25, 0.3) is 0 Å². The van der Waals surface area contributed by atoms with Gasteiger partial charge in [0.15, 0.2) is 6.61 Å². The third-order valence-electron chi connectivity index (χ3n) is 5.36. The molecule has 0 radical (unpaired) electrons. The number of hydrogen-bond acceptors (Lipinski definition) is 4. The predicted molar refractivity (Wildman–Crippen MR) is 115 cm³/mol. The van der Waals surface area contributed by atoms with Crippen molar-refractivity contribution >= 4 is 23.5 Å². The summed E-state index contributed by atoms with van der Waals surface area (Å²) in [4.78, 5) is 40.9. The molecule has 6 nitrogen and oxygen atoms in total. The average molecular weight is 426 g/mol. The first-order valence-corrected chi connectivity index (χ1v) is 10.5. The number of ether oxygens (including phenoxy) is 1. The van der Waals surface area contributed by atoms with Gasteiger partial charge < -0.3 is 14.5 Å². The second-order valence-electron chi connectivity index (χ2n) is 7.87. The first-order valence-electron chi connectivity index (χ1n) is 10.5. The summed E-state index contributed by atoms with van der Waals surface area (Å²) in [5, 5.41) is 0. The summed E-state index contributed by atoms with van der Waals surface area (Å²) in [6, 6.07) is 14.6. The molecule has 3 rings (SSSR count). The maximum absolute atomic E-state index is 13.0. The Morgan fingerprint density at radius 2 is 1.65 bits per heavy atom. The van der Waals surface area contributed by atoms with E-state index < -0.39 is 11.8 Å². The number of benzene rings is 2. The highest BCUT2D eigenvalue weighted by Crippen LogP contribution is 2.21. The molecule has 31 heavy (non-hydrogen) atoms. The topological polar surface area (TPSA) is 66.9 Å². The standard InChI is InChI=1S/C24H27FN2O4/c1-17(2)27(21-6-4-3-5-7-21)22(28)16-31-24(30)19-12-14-26(15-13-19)23(29)18-8-10-20(25)11-9-18/h3-11,17,19H,12-16H2,1-2H3. The smallest absolute Gasteiger partial charge is 0.309 e. The Morgan fingerprint density at radius 3 is 2.23 bits per heavy atom. The third kappa shape index (κ3) is 5.69. The van der Waals surface area contributed by atoms with Gasteiger partial charge in [-0.25, -0.2) is 4.39 Å². The molecule has 0 N–H and O–H groups in total. The first kappa shape index (κ1) is 22.5. The number of likely N-dealkylation sites (tertiary alicyclic amines) is 1. The van der Waals surface area contributed by atoms with Crippen molar-refractivity contribution in [3.05, 3.63) is 66.0 Å². The molecule has 2 aromatic carbocycles. The van der Waals surface area contributed by atoms with Crippen molar-refractivity contribution in [3.8, 4) is 0 Å². The van der Waals surface area contributed by atoms with E-state index in [1.807, 2.05) is 44.2 Å². The van der Waals surface area contributed by atoms with Crippen molar-refractivity contribution in [1.82, 2.24) is 4.90 Å². The Kier molecular flexibility index (Phi) is 7.39. The fourth-order valence-corrected chi connectivity index (χ4v) is 3.73. The van der Waals surface area contributed by atoms with E-state index in [1.54, 1.807) is 9.80 Å². The Hall–Kier alpha value is -3.22. The van der Waals surface area contributed by atoms with Gasteiger partial charge in [-0.05, 0) is 63.1 Å². The second kappa shape index (κ2) is 10.2. The molecule has 0 atom stereocenters. The number of halogens is 1. The molecule has 164 valence electrons. The van der Waals surface area contributed by atoms with Gasteiger partial charge in [0.25, 0.3) is 11.8 Å². The number of amides is 2. The molecule has 0 aliphatic carbocycles.